The summed E-state index contributed by atoms with van der Waals surface area (Å²) in [4.78, 5) is 0. The van der Waals surface area contributed by atoms with Crippen molar-refractivity contribution in [2.75, 3.05) is 0 Å². The van der Waals surface area contributed by atoms with Crippen molar-refractivity contribution >= 4 is 0 Å². The van der Waals surface area contributed by atoms with E-state index in [4.69, 9.17) is 0 Å². The Balaban J connectivity index is 1.69. The third-order valence-electron chi connectivity index (χ3n) is 4.34. The van der Waals surface area contributed by atoms with Crippen molar-refractivity contribution in [2.45, 2.75) is 44.6 Å². The molecule has 0 spiro atoms. The number of fused-ring (bicyclic) bond motifs is 2. The Kier molecular flexibility index (Phi) is 1.52. The van der Waals surface area contributed by atoms with Gasteiger partial charge in [0.25, 0.3) is 0 Å². The summed E-state index contributed by atoms with van der Waals surface area (Å²) in [6.45, 7) is 0. The van der Waals surface area contributed by atoms with Crippen LogP contribution in [-0.2, 0) is 0 Å². The molecule has 3 aliphatic rings. The van der Waals surface area contributed by atoms with Crippen molar-refractivity contribution < 1.29 is 5.11 Å². The number of rotatable bonds is 2. The molecule has 2 bridgehead atoms. The third-order valence-corrected chi connectivity index (χ3v) is 4.34. The predicted molar refractivity (Wildman–Crippen MR) is 47.7 cm³/mol. The molecule has 0 heterocycles. The molecule has 0 aliphatic heterocycles. The van der Waals surface area contributed by atoms with Gasteiger partial charge < -0.3 is 5.11 Å². The van der Waals surface area contributed by atoms with E-state index in [0.717, 1.165) is 11.8 Å². The van der Waals surface area contributed by atoms with Crippen LogP contribution in [0.25, 0.3) is 0 Å². The van der Waals surface area contributed by atoms with Crippen molar-refractivity contribution in [3.05, 3.63) is 0 Å². The zero-order valence-electron chi connectivity index (χ0n) is 7.58. The van der Waals surface area contributed by atoms with E-state index < -0.39 is 0 Å². The molecule has 12 heavy (non-hydrogen) atoms. The van der Waals surface area contributed by atoms with E-state index in [1.165, 1.54) is 38.5 Å². The molecule has 3 rings (SSSR count). The van der Waals surface area contributed by atoms with E-state index in [1.54, 1.807) is 0 Å². The van der Waals surface area contributed by atoms with E-state index in [-0.39, 0.29) is 6.10 Å². The van der Waals surface area contributed by atoms with E-state index >= 15 is 0 Å². The average Bonchev–Trinajstić information content (AvgIpc) is 2.73. The molecule has 4 unspecified atom stereocenters. The van der Waals surface area contributed by atoms with E-state index in [1.807, 2.05) is 0 Å². The molecule has 1 N–H and O–H groups in total. The first-order chi connectivity index (χ1) is 5.84. The highest BCUT2D eigenvalue weighted by Crippen LogP contribution is 2.52. The summed E-state index contributed by atoms with van der Waals surface area (Å²) in [6, 6.07) is 0. The quantitative estimate of drug-likeness (QED) is 0.666. The monoisotopic (exact) mass is 166 g/mol. The Labute approximate surface area is 74.2 Å². The minimum absolute atomic E-state index is 0.0836. The summed E-state index contributed by atoms with van der Waals surface area (Å²) in [7, 11) is 0. The zero-order valence-corrected chi connectivity index (χ0v) is 7.58. The SMILES string of the molecule is OC(C1CC1)C1CC2CCC1C2. The molecular weight excluding hydrogens is 148 g/mol. The van der Waals surface area contributed by atoms with Gasteiger partial charge in [0.05, 0.1) is 6.10 Å². The Hall–Kier alpha value is -0.0400. The second-order valence-corrected chi connectivity index (χ2v) is 5.17. The van der Waals surface area contributed by atoms with E-state index in [9.17, 15) is 5.11 Å². The molecule has 0 aromatic heterocycles. The lowest BCUT2D eigenvalue weighted by atomic mass is 9.83. The van der Waals surface area contributed by atoms with Crippen LogP contribution >= 0.6 is 0 Å². The maximum Gasteiger partial charge on any atom is 0.0599 e. The van der Waals surface area contributed by atoms with Gasteiger partial charge in [-0.2, -0.15) is 0 Å². The summed E-state index contributed by atoms with van der Waals surface area (Å²) in [5.74, 6) is 3.31. The second kappa shape index (κ2) is 2.47. The maximum atomic E-state index is 10.0. The van der Waals surface area contributed by atoms with E-state index in [2.05, 4.69) is 0 Å². The van der Waals surface area contributed by atoms with Gasteiger partial charge in [0.2, 0.25) is 0 Å². The lowest BCUT2D eigenvalue weighted by molar-refractivity contribution is 0.0566. The molecule has 4 atom stereocenters. The molecule has 0 radical (unpaired) electrons. The van der Waals surface area contributed by atoms with Gasteiger partial charge in [0.1, 0.15) is 0 Å². The standard InChI is InChI=1S/C11H18O/c12-11(8-3-4-8)10-6-7-1-2-9(10)5-7/h7-12H,1-6H2. The van der Waals surface area contributed by atoms with Gasteiger partial charge in [-0.15, -0.1) is 0 Å². The molecule has 0 amide bonds. The van der Waals surface area contributed by atoms with E-state index in [0.29, 0.717) is 11.8 Å². The number of aliphatic hydroxyl groups excluding tert-OH is 1. The molecule has 3 fully saturated rings. The summed E-state index contributed by atoms with van der Waals surface area (Å²) in [6.07, 6.45) is 8.35. The predicted octanol–water partition coefficient (Wildman–Crippen LogP) is 2.19. The fourth-order valence-electron chi connectivity index (χ4n) is 3.50. The van der Waals surface area contributed by atoms with Gasteiger partial charge in [0.15, 0.2) is 0 Å². The van der Waals surface area contributed by atoms with Crippen molar-refractivity contribution in [1.82, 2.24) is 0 Å². The Morgan fingerprint density at radius 2 is 1.83 bits per heavy atom. The third kappa shape index (κ3) is 1.02. The molecule has 3 saturated carbocycles. The Bertz CT molecular complexity index is 185. The topological polar surface area (TPSA) is 20.2 Å². The molecule has 1 heteroatoms. The van der Waals surface area contributed by atoms with Crippen molar-refractivity contribution in [1.29, 1.82) is 0 Å². The van der Waals surface area contributed by atoms with Crippen LogP contribution in [-0.4, -0.2) is 11.2 Å². The van der Waals surface area contributed by atoms with Gasteiger partial charge in [-0.25, -0.2) is 0 Å². The highest BCUT2D eigenvalue weighted by molar-refractivity contribution is 4.97. The van der Waals surface area contributed by atoms with Crippen LogP contribution in [0.5, 0.6) is 0 Å². The summed E-state index contributed by atoms with van der Waals surface area (Å²) in [5.41, 5.74) is 0. The van der Waals surface area contributed by atoms with Crippen molar-refractivity contribution in [3.8, 4) is 0 Å². The molecule has 0 saturated heterocycles. The van der Waals surface area contributed by atoms with Gasteiger partial charge in [-0.05, 0) is 55.8 Å². The first-order valence-electron chi connectivity index (χ1n) is 5.52. The number of hydrogen-bond acceptors (Lipinski definition) is 1. The fourth-order valence-corrected chi connectivity index (χ4v) is 3.50. The molecular formula is C11H18O. The lowest BCUT2D eigenvalue weighted by Crippen LogP contribution is -2.27. The van der Waals surface area contributed by atoms with Gasteiger partial charge in [-0.3, -0.25) is 0 Å². The van der Waals surface area contributed by atoms with Crippen LogP contribution in [0.4, 0.5) is 0 Å². The number of aliphatic hydroxyl groups is 1. The van der Waals surface area contributed by atoms with Crippen molar-refractivity contribution in [2.24, 2.45) is 23.7 Å². The normalized spacial score (nSPS) is 48.2. The van der Waals surface area contributed by atoms with Crippen LogP contribution in [0.15, 0.2) is 0 Å². The smallest absolute Gasteiger partial charge is 0.0599 e. The molecule has 0 aromatic carbocycles. The van der Waals surface area contributed by atoms with Gasteiger partial charge in [-0.1, -0.05) is 6.42 Å². The van der Waals surface area contributed by atoms with Gasteiger partial charge in [0, 0.05) is 0 Å². The molecule has 0 aromatic rings. The highest BCUT2D eigenvalue weighted by Gasteiger charge is 2.46. The van der Waals surface area contributed by atoms with Crippen LogP contribution in [0, 0.1) is 23.7 Å². The largest absolute Gasteiger partial charge is 0.393 e. The van der Waals surface area contributed by atoms with Crippen LogP contribution in [0.3, 0.4) is 0 Å². The zero-order chi connectivity index (χ0) is 8.13. The molecule has 3 aliphatic carbocycles. The van der Waals surface area contributed by atoms with Crippen LogP contribution in [0.2, 0.25) is 0 Å². The number of hydrogen-bond donors (Lipinski definition) is 1. The Morgan fingerprint density at radius 1 is 1.00 bits per heavy atom. The summed E-state index contributed by atoms with van der Waals surface area (Å²) < 4.78 is 0. The van der Waals surface area contributed by atoms with Crippen LogP contribution < -0.4 is 0 Å². The minimum atomic E-state index is 0.0836. The Morgan fingerprint density at radius 3 is 2.33 bits per heavy atom. The molecule has 1 nitrogen and oxygen atoms in total. The highest BCUT2D eigenvalue weighted by atomic mass is 16.3. The summed E-state index contributed by atoms with van der Waals surface area (Å²) >= 11 is 0. The lowest BCUT2D eigenvalue weighted by Gasteiger charge is -2.26. The average molecular weight is 166 g/mol. The molecule has 68 valence electrons. The maximum absolute atomic E-state index is 10.0. The van der Waals surface area contributed by atoms with Crippen molar-refractivity contribution in [3.63, 3.8) is 0 Å². The van der Waals surface area contributed by atoms with Gasteiger partial charge >= 0.3 is 0 Å². The van der Waals surface area contributed by atoms with Crippen LogP contribution in [0.1, 0.15) is 38.5 Å². The minimum Gasteiger partial charge on any atom is -0.393 e. The summed E-state index contributed by atoms with van der Waals surface area (Å²) in [5, 5.41) is 10.0. The first-order valence-corrected chi connectivity index (χ1v) is 5.52. The second-order valence-electron chi connectivity index (χ2n) is 5.17. The fraction of sp³-hybridized carbons (Fsp3) is 1.00. The first kappa shape index (κ1) is 7.37.